The topological polar surface area (TPSA) is 42.4 Å². The number of rotatable bonds is 1. The van der Waals surface area contributed by atoms with E-state index in [2.05, 4.69) is 17.1 Å². The molecule has 0 atom stereocenters. The van der Waals surface area contributed by atoms with Crippen LogP contribution in [0.2, 0.25) is 0 Å². The van der Waals surface area contributed by atoms with Crippen LogP contribution >= 0.6 is 0 Å². The molecule has 0 aromatic carbocycles. The first-order valence-corrected chi connectivity index (χ1v) is 7.25. The largest absolute Gasteiger partial charge is 0.444 e. The lowest BCUT2D eigenvalue weighted by Crippen LogP contribution is -2.63. The van der Waals surface area contributed by atoms with Gasteiger partial charge in [0.25, 0.3) is 0 Å². The summed E-state index contributed by atoms with van der Waals surface area (Å²) in [6.45, 7) is 7.42. The molecule has 1 spiro atoms. The molecule has 4 heteroatoms. The standard InChI is InChI=1S/C16H22N2O2/c1-15(2,3)20-14(19)18-10-16(11-18)8-13(9-16)12-4-6-17-7-5-12/h4-7,13H,8-11H2,1-3H3. The molecule has 0 unspecified atom stereocenters. The average Bonchev–Trinajstić information content (AvgIpc) is 2.24. The molecule has 1 aliphatic carbocycles. The van der Waals surface area contributed by atoms with E-state index >= 15 is 0 Å². The van der Waals surface area contributed by atoms with Gasteiger partial charge in [0.15, 0.2) is 0 Å². The Balaban J connectivity index is 1.49. The molecule has 108 valence electrons. The van der Waals surface area contributed by atoms with Crippen LogP contribution in [0.15, 0.2) is 24.5 Å². The number of aromatic nitrogens is 1. The Hall–Kier alpha value is -1.58. The van der Waals surface area contributed by atoms with Crippen LogP contribution in [0.3, 0.4) is 0 Å². The van der Waals surface area contributed by atoms with Gasteiger partial charge in [-0.05, 0) is 57.2 Å². The molecule has 4 nitrogen and oxygen atoms in total. The fourth-order valence-corrected chi connectivity index (χ4v) is 3.33. The van der Waals surface area contributed by atoms with Gasteiger partial charge in [0.05, 0.1) is 0 Å². The van der Waals surface area contributed by atoms with Crippen molar-refractivity contribution in [1.29, 1.82) is 0 Å². The highest BCUT2D eigenvalue weighted by Crippen LogP contribution is 2.56. The Bertz CT molecular complexity index is 493. The van der Waals surface area contributed by atoms with E-state index in [4.69, 9.17) is 4.74 Å². The number of likely N-dealkylation sites (tertiary alicyclic amines) is 1. The molecule has 2 aliphatic rings. The van der Waals surface area contributed by atoms with Crippen molar-refractivity contribution in [3.8, 4) is 0 Å². The van der Waals surface area contributed by atoms with Crippen molar-refractivity contribution in [3.05, 3.63) is 30.1 Å². The minimum absolute atomic E-state index is 0.171. The normalized spacial score (nSPS) is 21.2. The first kappa shape index (κ1) is 13.4. The van der Waals surface area contributed by atoms with Crippen LogP contribution in [-0.4, -0.2) is 34.7 Å². The van der Waals surface area contributed by atoms with Crippen molar-refractivity contribution >= 4 is 6.09 Å². The Morgan fingerprint density at radius 2 is 1.90 bits per heavy atom. The van der Waals surface area contributed by atoms with E-state index in [1.165, 1.54) is 18.4 Å². The van der Waals surface area contributed by atoms with Gasteiger partial charge in [-0.15, -0.1) is 0 Å². The number of nitrogens with zero attached hydrogens (tertiary/aromatic N) is 2. The van der Waals surface area contributed by atoms with Gasteiger partial charge < -0.3 is 9.64 Å². The fourth-order valence-electron chi connectivity index (χ4n) is 3.33. The number of amides is 1. The van der Waals surface area contributed by atoms with Crippen molar-refractivity contribution in [2.75, 3.05) is 13.1 Å². The lowest BCUT2D eigenvalue weighted by atomic mass is 9.56. The van der Waals surface area contributed by atoms with Crippen LogP contribution in [0.1, 0.15) is 45.1 Å². The first-order valence-electron chi connectivity index (χ1n) is 7.25. The van der Waals surface area contributed by atoms with Crippen molar-refractivity contribution in [2.45, 2.75) is 45.1 Å². The van der Waals surface area contributed by atoms with E-state index in [0.717, 1.165) is 13.1 Å². The summed E-state index contributed by atoms with van der Waals surface area (Å²) in [6.07, 6.45) is 5.89. The van der Waals surface area contributed by atoms with Crippen LogP contribution in [0.5, 0.6) is 0 Å². The zero-order valence-electron chi connectivity index (χ0n) is 12.4. The molecule has 1 aliphatic heterocycles. The highest BCUT2D eigenvalue weighted by atomic mass is 16.6. The minimum Gasteiger partial charge on any atom is -0.444 e. The third-order valence-electron chi connectivity index (χ3n) is 4.24. The van der Waals surface area contributed by atoms with Crippen molar-refractivity contribution in [1.82, 2.24) is 9.88 Å². The van der Waals surface area contributed by atoms with Gasteiger partial charge >= 0.3 is 6.09 Å². The Morgan fingerprint density at radius 1 is 1.30 bits per heavy atom. The Kier molecular flexibility index (Phi) is 3.00. The zero-order valence-corrected chi connectivity index (χ0v) is 12.4. The molecule has 0 bridgehead atoms. The summed E-state index contributed by atoms with van der Waals surface area (Å²) < 4.78 is 5.39. The minimum atomic E-state index is -0.404. The zero-order chi connectivity index (χ0) is 14.4. The number of hydrogen-bond donors (Lipinski definition) is 0. The second-order valence-corrected chi connectivity index (χ2v) is 7.22. The van der Waals surface area contributed by atoms with Crippen molar-refractivity contribution < 1.29 is 9.53 Å². The number of ether oxygens (including phenoxy) is 1. The van der Waals surface area contributed by atoms with Crippen LogP contribution in [0.25, 0.3) is 0 Å². The van der Waals surface area contributed by atoms with Gasteiger partial charge in [0, 0.05) is 30.9 Å². The number of hydrogen-bond acceptors (Lipinski definition) is 3. The summed E-state index contributed by atoms with van der Waals surface area (Å²) in [5.41, 5.74) is 1.32. The molecular formula is C16H22N2O2. The molecular weight excluding hydrogens is 252 g/mol. The van der Waals surface area contributed by atoms with E-state index in [9.17, 15) is 4.79 Å². The third kappa shape index (κ3) is 2.51. The number of carbonyl (C=O) groups excluding carboxylic acids is 1. The molecule has 1 aromatic rings. The van der Waals surface area contributed by atoms with Gasteiger partial charge in [0.1, 0.15) is 5.60 Å². The van der Waals surface area contributed by atoms with Crippen LogP contribution in [-0.2, 0) is 4.74 Å². The van der Waals surface area contributed by atoms with Gasteiger partial charge in [-0.3, -0.25) is 4.98 Å². The molecule has 2 fully saturated rings. The summed E-state index contributed by atoms with van der Waals surface area (Å²) >= 11 is 0. The molecule has 2 heterocycles. The molecule has 1 amide bonds. The van der Waals surface area contributed by atoms with Gasteiger partial charge in [0.2, 0.25) is 0 Å². The summed E-state index contributed by atoms with van der Waals surface area (Å²) in [7, 11) is 0. The maximum atomic E-state index is 11.9. The molecule has 3 rings (SSSR count). The van der Waals surface area contributed by atoms with Crippen molar-refractivity contribution in [2.24, 2.45) is 5.41 Å². The van der Waals surface area contributed by atoms with Gasteiger partial charge in [-0.25, -0.2) is 4.79 Å². The molecule has 0 N–H and O–H groups in total. The second-order valence-electron chi connectivity index (χ2n) is 7.22. The lowest BCUT2D eigenvalue weighted by Gasteiger charge is -2.58. The van der Waals surface area contributed by atoms with E-state index in [1.807, 2.05) is 38.1 Å². The highest BCUT2D eigenvalue weighted by molar-refractivity contribution is 5.69. The van der Waals surface area contributed by atoms with Gasteiger partial charge in [-0.2, -0.15) is 0 Å². The number of carbonyl (C=O) groups is 1. The first-order chi connectivity index (χ1) is 9.37. The predicted octanol–water partition coefficient (Wildman–Crippen LogP) is 3.20. The predicted molar refractivity (Wildman–Crippen MR) is 76.5 cm³/mol. The quantitative estimate of drug-likeness (QED) is 0.789. The monoisotopic (exact) mass is 274 g/mol. The van der Waals surface area contributed by atoms with Gasteiger partial charge in [-0.1, -0.05) is 0 Å². The summed E-state index contributed by atoms with van der Waals surface area (Å²) in [5.74, 6) is 0.638. The highest BCUT2D eigenvalue weighted by Gasteiger charge is 2.54. The average molecular weight is 274 g/mol. The van der Waals surface area contributed by atoms with E-state index in [0.29, 0.717) is 11.3 Å². The van der Waals surface area contributed by atoms with Crippen LogP contribution in [0.4, 0.5) is 4.79 Å². The molecule has 20 heavy (non-hydrogen) atoms. The van der Waals surface area contributed by atoms with Crippen LogP contribution < -0.4 is 0 Å². The van der Waals surface area contributed by atoms with Crippen molar-refractivity contribution in [3.63, 3.8) is 0 Å². The molecule has 0 radical (unpaired) electrons. The second kappa shape index (κ2) is 4.47. The lowest BCUT2D eigenvalue weighted by molar-refractivity contribution is -0.0786. The third-order valence-corrected chi connectivity index (χ3v) is 4.24. The summed E-state index contributed by atoms with van der Waals surface area (Å²) in [4.78, 5) is 17.8. The van der Waals surface area contributed by atoms with E-state index in [-0.39, 0.29) is 6.09 Å². The maximum Gasteiger partial charge on any atom is 0.410 e. The van der Waals surface area contributed by atoms with E-state index < -0.39 is 5.60 Å². The maximum absolute atomic E-state index is 11.9. The Labute approximate surface area is 120 Å². The number of pyridine rings is 1. The summed E-state index contributed by atoms with van der Waals surface area (Å²) in [5, 5.41) is 0. The van der Waals surface area contributed by atoms with Crippen LogP contribution in [0, 0.1) is 5.41 Å². The van der Waals surface area contributed by atoms with E-state index in [1.54, 1.807) is 0 Å². The Morgan fingerprint density at radius 3 is 2.45 bits per heavy atom. The molecule has 1 saturated heterocycles. The smallest absolute Gasteiger partial charge is 0.410 e. The summed E-state index contributed by atoms with van der Waals surface area (Å²) in [6, 6.07) is 4.20. The SMILES string of the molecule is CC(C)(C)OC(=O)N1CC2(CC(c3ccncc3)C2)C1. The molecule has 1 saturated carbocycles. The fraction of sp³-hybridized carbons (Fsp3) is 0.625. The molecule has 1 aromatic heterocycles.